The van der Waals surface area contributed by atoms with Gasteiger partial charge in [-0.15, -0.1) is 0 Å². The lowest BCUT2D eigenvalue weighted by molar-refractivity contribution is -0.287. The number of hydrogen-bond acceptors (Lipinski definition) is 3. The Hall–Kier alpha value is -3.25. The van der Waals surface area contributed by atoms with Crippen LogP contribution in [0.3, 0.4) is 0 Å². The summed E-state index contributed by atoms with van der Waals surface area (Å²) in [6.45, 7) is -1.71. The van der Waals surface area contributed by atoms with E-state index in [1.54, 1.807) is 0 Å². The third-order valence-corrected chi connectivity index (χ3v) is 4.34. The maximum absolute atomic E-state index is 13.3. The maximum atomic E-state index is 13.3. The van der Waals surface area contributed by atoms with Gasteiger partial charge in [0.05, 0.1) is 29.2 Å². The van der Waals surface area contributed by atoms with Gasteiger partial charge in [-0.05, 0) is 18.2 Å². The van der Waals surface area contributed by atoms with E-state index in [-0.39, 0.29) is 27.9 Å². The van der Waals surface area contributed by atoms with Gasteiger partial charge in [0, 0.05) is 17.8 Å². The van der Waals surface area contributed by atoms with Crippen LogP contribution in [0.1, 0.15) is 5.56 Å². The molecule has 0 bridgehead atoms. The molecule has 30 heavy (non-hydrogen) atoms. The van der Waals surface area contributed by atoms with Crippen LogP contribution in [0.4, 0.5) is 35.1 Å². The number of aromatic nitrogens is 5. The average Bonchev–Trinajstić information content (AvgIpc) is 3.22. The highest BCUT2D eigenvalue weighted by molar-refractivity contribution is 5.81. The molecule has 0 unspecified atom stereocenters. The molecule has 0 saturated carbocycles. The Morgan fingerprint density at radius 1 is 0.900 bits per heavy atom. The van der Waals surface area contributed by atoms with Crippen molar-refractivity contribution >= 4 is 16.6 Å². The van der Waals surface area contributed by atoms with Crippen LogP contribution in [0.5, 0.6) is 0 Å². The molecule has 4 aromatic heterocycles. The first kappa shape index (κ1) is 20.0. The molecule has 0 aliphatic heterocycles. The van der Waals surface area contributed by atoms with Crippen LogP contribution in [0.15, 0.2) is 43.0 Å². The molecule has 4 heterocycles. The van der Waals surface area contributed by atoms with Gasteiger partial charge in [0.15, 0.2) is 0 Å². The zero-order valence-corrected chi connectivity index (χ0v) is 14.5. The fourth-order valence-corrected chi connectivity index (χ4v) is 2.80. The second-order valence-electron chi connectivity index (χ2n) is 6.44. The Labute approximate surface area is 161 Å². The summed E-state index contributed by atoms with van der Waals surface area (Å²) in [4.78, 5) is 8.05. The number of alkyl halides is 8. The summed E-state index contributed by atoms with van der Waals surface area (Å²) in [5.74, 6) is -4.98. The van der Waals surface area contributed by atoms with Gasteiger partial charge in [0.2, 0.25) is 0 Å². The predicted molar refractivity (Wildman–Crippen MR) is 87.7 cm³/mol. The minimum absolute atomic E-state index is 0.00207. The Balaban J connectivity index is 1.69. The Bertz CT molecular complexity index is 1230. The monoisotopic (exact) mass is 435 g/mol. The molecule has 4 rings (SSSR count). The Morgan fingerprint density at radius 3 is 2.30 bits per heavy atom. The second-order valence-corrected chi connectivity index (χ2v) is 6.44. The Morgan fingerprint density at radius 2 is 1.63 bits per heavy atom. The first-order valence-corrected chi connectivity index (χ1v) is 8.18. The minimum Gasteiger partial charge on any atom is -0.306 e. The average molecular weight is 435 g/mol. The van der Waals surface area contributed by atoms with Gasteiger partial charge in [0.1, 0.15) is 17.9 Å². The van der Waals surface area contributed by atoms with E-state index in [2.05, 4.69) is 15.1 Å². The van der Waals surface area contributed by atoms with Crippen molar-refractivity contribution in [3.05, 3.63) is 48.5 Å². The summed E-state index contributed by atoms with van der Waals surface area (Å²) in [6.07, 6.45) is -5.56. The van der Waals surface area contributed by atoms with Crippen LogP contribution in [0, 0.1) is 0 Å². The van der Waals surface area contributed by atoms with Crippen molar-refractivity contribution in [2.75, 3.05) is 0 Å². The lowest BCUT2D eigenvalue weighted by Gasteiger charge is -2.19. The van der Waals surface area contributed by atoms with E-state index in [1.807, 2.05) is 0 Å². The van der Waals surface area contributed by atoms with Gasteiger partial charge in [-0.3, -0.25) is 9.67 Å². The first-order chi connectivity index (χ1) is 13.8. The summed E-state index contributed by atoms with van der Waals surface area (Å²) in [5.41, 5.74) is -0.582. The van der Waals surface area contributed by atoms with Crippen molar-refractivity contribution in [2.45, 2.75) is 24.8 Å². The van der Waals surface area contributed by atoms with Crippen LogP contribution in [-0.2, 0) is 12.7 Å². The molecule has 13 heteroatoms. The van der Waals surface area contributed by atoms with Crippen molar-refractivity contribution < 1.29 is 35.1 Å². The zero-order chi connectivity index (χ0) is 21.9. The van der Waals surface area contributed by atoms with Crippen LogP contribution in [0.25, 0.3) is 27.9 Å². The molecule has 0 aromatic carbocycles. The molecule has 0 aliphatic carbocycles. The number of pyridine rings is 2. The van der Waals surface area contributed by atoms with E-state index >= 15 is 0 Å². The normalized spacial score (nSPS) is 13.5. The molecule has 0 amide bonds. The summed E-state index contributed by atoms with van der Waals surface area (Å²) >= 11 is 0. The lowest BCUT2D eigenvalue weighted by atomic mass is 10.2. The van der Waals surface area contributed by atoms with E-state index < -0.39 is 30.4 Å². The molecule has 5 nitrogen and oxygen atoms in total. The smallest absolute Gasteiger partial charge is 0.306 e. The number of rotatable bonds is 3. The standard InChI is InChI=1S/C17H9F8N5/c18-15(19,17(23,24)25)8-30-13-6-26-11(3-9(13)5-27-30)12-7-29-2-1-10(16(20,21)22)4-14(29)28-12/h1-7H,8H2. The van der Waals surface area contributed by atoms with Crippen molar-refractivity contribution in [2.24, 2.45) is 0 Å². The number of imidazole rings is 1. The fourth-order valence-electron chi connectivity index (χ4n) is 2.80. The van der Waals surface area contributed by atoms with Crippen LogP contribution < -0.4 is 0 Å². The highest BCUT2D eigenvalue weighted by atomic mass is 19.4. The van der Waals surface area contributed by atoms with E-state index in [0.717, 1.165) is 24.5 Å². The van der Waals surface area contributed by atoms with Gasteiger partial charge in [-0.1, -0.05) is 0 Å². The molecule has 158 valence electrons. The van der Waals surface area contributed by atoms with E-state index in [9.17, 15) is 35.1 Å². The minimum atomic E-state index is -5.73. The molecule has 0 saturated heterocycles. The van der Waals surface area contributed by atoms with E-state index in [4.69, 9.17) is 0 Å². The van der Waals surface area contributed by atoms with Gasteiger partial charge in [0.25, 0.3) is 0 Å². The van der Waals surface area contributed by atoms with Crippen molar-refractivity contribution in [1.82, 2.24) is 24.1 Å². The summed E-state index contributed by atoms with van der Waals surface area (Å²) in [7, 11) is 0. The first-order valence-electron chi connectivity index (χ1n) is 8.18. The zero-order valence-electron chi connectivity index (χ0n) is 14.5. The number of halogens is 8. The van der Waals surface area contributed by atoms with Gasteiger partial charge < -0.3 is 4.40 Å². The highest BCUT2D eigenvalue weighted by Gasteiger charge is 2.57. The molecule has 0 atom stereocenters. The molecular formula is C17H9F8N5. The number of hydrogen-bond donors (Lipinski definition) is 0. The van der Waals surface area contributed by atoms with Crippen molar-refractivity contribution in [1.29, 1.82) is 0 Å². The van der Waals surface area contributed by atoms with Gasteiger partial charge in [-0.2, -0.15) is 40.2 Å². The van der Waals surface area contributed by atoms with Crippen LogP contribution in [0.2, 0.25) is 0 Å². The third kappa shape index (κ3) is 3.44. The molecule has 0 radical (unpaired) electrons. The Kier molecular flexibility index (Phi) is 4.26. The molecule has 0 N–H and O–H groups in total. The van der Waals surface area contributed by atoms with Gasteiger partial charge >= 0.3 is 18.3 Å². The van der Waals surface area contributed by atoms with E-state index in [1.165, 1.54) is 22.9 Å². The fraction of sp³-hybridized carbons (Fsp3) is 0.235. The van der Waals surface area contributed by atoms with Crippen molar-refractivity contribution in [3.63, 3.8) is 0 Å². The van der Waals surface area contributed by atoms with Crippen LogP contribution >= 0.6 is 0 Å². The van der Waals surface area contributed by atoms with Crippen molar-refractivity contribution in [3.8, 4) is 11.4 Å². The summed E-state index contributed by atoms with van der Waals surface area (Å²) in [5, 5.41) is 3.77. The topological polar surface area (TPSA) is 48.0 Å². The molecule has 0 aliphatic rings. The highest BCUT2D eigenvalue weighted by Crippen LogP contribution is 2.37. The molecular weight excluding hydrogens is 426 g/mol. The largest absolute Gasteiger partial charge is 0.455 e. The van der Waals surface area contributed by atoms with Crippen LogP contribution in [-0.4, -0.2) is 36.2 Å². The lowest BCUT2D eigenvalue weighted by Crippen LogP contribution is -2.40. The van der Waals surface area contributed by atoms with E-state index in [0.29, 0.717) is 4.68 Å². The maximum Gasteiger partial charge on any atom is 0.455 e. The second kappa shape index (κ2) is 6.37. The number of nitrogens with zero attached hydrogens (tertiary/aromatic N) is 5. The summed E-state index contributed by atoms with van der Waals surface area (Å²) < 4.78 is 104. The molecule has 0 spiro atoms. The molecule has 0 fully saturated rings. The molecule has 4 aromatic rings. The SMILES string of the molecule is FC(F)(F)c1ccn2cc(-c3cc4cnn(CC(F)(F)C(F)(F)F)c4cn3)nc2c1. The quantitative estimate of drug-likeness (QED) is 0.428. The summed E-state index contributed by atoms with van der Waals surface area (Å²) in [6, 6.07) is 3.07. The van der Waals surface area contributed by atoms with Gasteiger partial charge in [-0.25, -0.2) is 4.98 Å². The third-order valence-electron chi connectivity index (χ3n) is 4.34. The number of fused-ring (bicyclic) bond motifs is 2. The predicted octanol–water partition coefficient (Wildman–Crippen LogP) is 4.96.